The summed E-state index contributed by atoms with van der Waals surface area (Å²) >= 11 is 0. The predicted molar refractivity (Wildman–Crippen MR) is 58.5 cm³/mol. The minimum atomic E-state index is -1.16. The lowest BCUT2D eigenvalue weighted by atomic mass is 10.2. The van der Waals surface area contributed by atoms with Crippen LogP contribution in [0.4, 0.5) is 0 Å². The molecule has 0 aromatic carbocycles. The molecule has 1 rings (SSSR count). The Balaban J connectivity index is 2.70. The first-order valence-corrected chi connectivity index (χ1v) is 5.38. The lowest BCUT2D eigenvalue weighted by molar-refractivity contribution is -0.153. The van der Waals surface area contributed by atoms with Crippen molar-refractivity contribution in [3.05, 3.63) is 0 Å². The number of aliphatic carboxylic acids is 1. The number of amides is 1. The van der Waals surface area contributed by atoms with Crippen LogP contribution in [0.1, 0.15) is 27.2 Å². The van der Waals surface area contributed by atoms with Gasteiger partial charge >= 0.3 is 5.97 Å². The molecule has 0 aliphatic carbocycles. The number of ketones is 1. The van der Waals surface area contributed by atoms with Crippen molar-refractivity contribution in [2.75, 3.05) is 13.2 Å². The number of carbonyl (C=O) groups excluding carboxylic acids is 2. The third kappa shape index (κ3) is 3.81. The molecule has 6 nitrogen and oxygen atoms in total. The van der Waals surface area contributed by atoms with Crippen molar-refractivity contribution in [1.29, 1.82) is 0 Å². The summed E-state index contributed by atoms with van der Waals surface area (Å²) in [5.74, 6) is -1.85. The lowest BCUT2D eigenvalue weighted by Gasteiger charge is -2.27. The molecular weight excluding hydrogens is 226 g/mol. The van der Waals surface area contributed by atoms with Gasteiger partial charge in [-0.1, -0.05) is 0 Å². The number of carbonyl (C=O) groups is 3. The third-order valence-corrected chi connectivity index (χ3v) is 2.35. The summed E-state index contributed by atoms with van der Waals surface area (Å²) in [7, 11) is 0. The molecule has 17 heavy (non-hydrogen) atoms. The van der Waals surface area contributed by atoms with Gasteiger partial charge in [0.05, 0.1) is 25.2 Å². The summed E-state index contributed by atoms with van der Waals surface area (Å²) in [6, 6.07) is -1.09. The number of hydrogen-bond acceptors (Lipinski definition) is 4. The van der Waals surface area contributed by atoms with E-state index in [4.69, 9.17) is 9.84 Å². The second-order valence-corrected chi connectivity index (χ2v) is 5.01. The first-order valence-electron chi connectivity index (χ1n) is 5.38. The maximum absolute atomic E-state index is 11.4. The van der Waals surface area contributed by atoms with Gasteiger partial charge in [0.25, 0.3) is 0 Å². The molecule has 1 aliphatic heterocycles. The van der Waals surface area contributed by atoms with E-state index in [1.807, 2.05) is 0 Å². The van der Waals surface area contributed by atoms with Gasteiger partial charge in [0.1, 0.15) is 0 Å². The molecule has 0 unspecified atom stereocenters. The topological polar surface area (TPSA) is 83.9 Å². The lowest BCUT2D eigenvalue weighted by Crippen LogP contribution is -2.46. The van der Waals surface area contributed by atoms with Crippen LogP contribution in [0.15, 0.2) is 0 Å². The van der Waals surface area contributed by atoms with Crippen molar-refractivity contribution in [2.45, 2.75) is 38.8 Å². The van der Waals surface area contributed by atoms with Gasteiger partial charge in [-0.05, 0) is 20.8 Å². The van der Waals surface area contributed by atoms with E-state index < -0.39 is 23.5 Å². The Morgan fingerprint density at radius 3 is 2.41 bits per heavy atom. The van der Waals surface area contributed by atoms with E-state index in [1.165, 1.54) is 0 Å². The van der Waals surface area contributed by atoms with E-state index in [0.29, 0.717) is 0 Å². The summed E-state index contributed by atoms with van der Waals surface area (Å²) in [5.41, 5.74) is -0.486. The van der Waals surface area contributed by atoms with Crippen molar-refractivity contribution in [1.82, 2.24) is 4.90 Å². The minimum Gasteiger partial charge on any atom is -0.480 e. The molecule has 1 heterocycles. The second kappa shape index (κ2) is 4.83. The maximum Gasteiger partial charge on any atom is 0.328 e. The normalized spacial score (nSPS) is 18.6. The third-order valence-electron chi connectivity index (χ3n) is 2.35. The van der Waals surface area contributed by atoms with Crippen LogP contribution in [0.5, 0.6) is 0 Å². The Kier molecular flexibility index (Phi) is 3.87. The number of rotatable bonds is 4. The van der Waals surface area contributed by atoms with E-state index >= 15 is 0 Å². The molecule has 6 heteroatoms. The highest BCUT2D eigenvalue weighted by atomic mass is 16.5. The highest BCUT2D eigenvalue weighted by Gasteiger charge is 2.37. The van der Waals surface area contributed by atoms with Crippen LogP contribution in [-0.4, -0.2) is 52.5 Å². The Hall–Kier alpha value is -1.43. The van der Waals surface area contributed by atoms with E-state index in [1.54, 1.807) is 20.8 Å². The van der Waals surface area contributed by atoms with Gasteiger partial charge in [-0.2, -0.15) is 0 Å². The smallest absolute Gasteiger partial charge is 0.328 e. The van der Waals surface area contributed by atoms with Crippen molar-refractivity contribution in [3.8, 4) is 0 Å². The Morgan fingerprint density at radius 1 is 1.47 bits per heavy atom. The average Bonchev–Trinajstić information content (AvgIpc) is 2.43. The van der Waals surface area contributed by atoms with Gasteiger partial charge in [-0.15, -0.1) is 0 Å². The van der Waals surface area contributed by atoms with Crippen LogP contribution < -0.4 is 0 Å². The summed E-state index contributed by atoms with van der Waals surface area (Å²) < 4.78 is 5.36. The first-order chi connectivity index (χ1) is 7.70. The fourth-order valence-corrected chi connectivity index (χ4v) is 1.51. The number of nitrogens with zero attached hydrogens (tertiary/aromatic N) is 1. The molecule has 1 saturated heterocycles. The zero-order chi connectivity index (χ0) is 13.2. The quantitative estimate of drug-likeness (QED) is 0.706. The molecule has 96 valence electrons. The highest BCUT2D eigenvalue weighted by Crippen LogP contribution is 2.15. The highest BCUT2D eigenvalue weighted by molar-refractivity contribution is 6.06. The van der Waals surface area contributed by atoms with E-state index in [9.17, 15) is 14.4 Å². The van der Waals surface area contributed by atoms with Crippen LogP contribution in [0, 0.1) is 0 Å². The average molecular weight is 243 g/mol. The number of carboxylic acid groups (broad SMARTS) is 1. The molecular formula is C11H17NO5. The second-order valence-electron chi connectivity index (χ2n) is 5.01. The van der Waals surface area contributed by atoms with Crippen LogP contribution in [-0.2, 0) is 19.1 Å². The minimum absolute atomic E-state index is 0.113. The number of Topliss-reactive ketones (excluding diaryl/α,β-unsaturated/α-hetero) is 1. The van der Waals surface area contributed by atoms with Gasteiger partial charge in [0.2, 0.25) is 5.91 Å². The monoisotopic (exact) mass is 243 g/mol. The molecule has 1 N–H and O–H groups in total. The zero-order valence-electron chi connectivity index (χ0n) is 10.2. The summed E-state index contributed by atoms with van der Waals surface area (Å²) in [6.45, 7) is 5.13. The number of ether oxygens (including phenoxy) is 1. The summed E-state index contributed by atoms with van der Waals surface area (Å²) in [5, 5.41) is 9.05. The SMILES string of the molecule is CC(C)(C)OC[C@@H](C(=O)O)N1CC(=O)CC1=O. The zero-order valence-corrected chi connectivity index (χ0v) is 10.2. The molecule has 1 aliphatic rings. The van der Waals surface area contributed by atoms with Gasteiger partial charge < -0.3 is 14.7 Å². The Labute approximate surface area is 99.5 Å². The molecule has 0 bridgehead atoms. The first kappa shape index (κ1) is 13.6. The van der Waals surface area contributed by atoms with Crippen molar-refractivity contribution >= 4 is 17.7 Å². The van der Waals surface area contributed by atoms with Gasteiger partial charge in [-0.3, -0.25) is 9.59 Å². The molecule has 0 radical (unpaired) electrons. The predicted octanol–water partition coefficient (Wildman–Crippen LogP) is 0.0561. The fourth-order valence-electron chi connectivity index (χ4n) is 1.51. The van der Waals surface area contributed by atoms with Crippen molar-refractivity contribution < 1.29 is 24.2 Å². The van der Waals surface area contributed by atoms with E-state index in [0.717, 1.165) is 4.90 Å². The Morgan fingerprint density at radius 2 is 2.06 bits per heavy atom. The van der Waals surface area contributed by atoms with Crippen LogP contribution in [0.3, 0.4) is 0 Å². The fraction of sp³-hybridized carbons (Fsp3) is 0.727. The van der Waals surface area contributed by atoms with Crippen LogP contribution >= 0.6 is 0 Å². The summed E-state index contributed by atoms with van der Waals surface area (Å²) in [4.78, 5) is 34.7. The largest absolute Gasteiger partial charge is 0.480 e. The molecule has 0 saturated carbocycles. The van der Waals surface area contributed by atoms with Crippen LogP contribution in [0.25, 0.3) is 0 Å². The van der Waals surface area contributed by atoms with E-state index in [-0.39, 0.29) is 25.4 Å². The number of hydrogen-bond donors (Lipinski definition) is 1. The maximum atomic E-state index is 11.4. The Bertz CT molecular complexity index is 344. The molecule has 0 aromatic heterocycles. The molecule has 1 fully saturated rings. The molecule has 1 amide bonds. The van der Waals surface area contributed by atoms with Gasteiger partial charge in [0, 0.05) is 0 Å². The van der Waals surface area contributed by atoms with Gasteiger partial charge in [0.15, 0.2) is 11.8 Å². The molecule has 0 aromatic rings. The van der Waals surface area contributed by atoms with Gasteiger partial charge in [-0.25, -0.2) is 4.79 Å². The van der Waals surface area contributed by atoms with Crippen molar-refractivity contribution in [3.63, 3.8) is 0 Å². The summed E-state index contributed by atoms with van der Waals surface area (Å²) in [6.07, 6.45) is -0.209. The van der Waals surface area contributed by atoms with Crippen molar-refractivity contribution in [2.24, 2.45) is 0 Å². The molecule has 0 spiro atoms. The molecule has 1 atom stereocenters. The number of likely N-dealkylation sites (tertiary alicyclic amines) is 1. The van der Waals surface area contributed by atoms with Crippen LogP contribution in [0.2, 0.25) is 0 Å². The standard InChI is InChI=1S/C11H17NO5/c1-11(2,3)17-6-8(10(15)16)12-5-7(13)4-9(12)14/h8H,4-6H2,1-3H3,(H,15,16)/t8-/m0/s1. The number of carboxylic acids is 1. The van der Waals surface area contributed by atoms with E-state index in [2.05, 4.69) is 0 Å².